The van der Waals surface area contributed by atoms with Crippen LogP contribution in [0.1, 0.15) is 6.92 Å². The number of hydrogen-bond acceptors (Lipinski definition) is 2. The van der Waals surface area contributed by atoms with Crippen LogP contribution in [0, 0.1) is 0 Å². The lowest BCUT2D eigenvalue weighted by Gasteiger charge is -2.06. The minimum atomic E-state index is -1.66. The molecule has 0 aromatic rings. The fourth-order valence-electron chi connectivity index (χ4n) is 0.506. The molecule has 0 spiro atoms. The maximum absolute atomic E-state index is 12.5. The molecule has 1 unspecified atom stereocenters. The first-order chi connectivity index (χ1) is 3.60. The van der Waals surface area contributed by atoms with E-state index in [1.165, 1.54) is 6.92 Å². The molecule has 0 saturated carbocycles. The summed E-state index contributed by atoms with van der Waals surface area (Å²) in [5.74, 6) is -1.59. The van der Waals surface area contributed by atoms with Crippen LogP contribution in [-0.4, -0.2) is 12.5 Å². The van der Waals surface area contributed by atoms with Crippen molar-refractivity contribution in [1.82, 2.24) is 0 Å². The van der Waals surface area contributed by atoms with Gasteiger partial charge in [0.25, 0.3) is 11.8 Å². The van der Waals surface area contributed by atoms with Gasteiger partial charge >= 0.3 is 0 Å². The van der Waals surface area contributed by atoms with Crippen molar-refractivity contribution in [3.05, 3.63) is 12.5 Å². The van der Waals surface area contributed by atoms with Gasteiger partial charge in [-0.3, -0.25) is 0 Å². The van der Waals surface area contributed by atoms with E-state index in [1.807, 2.05) is 0 Å². The predicted octanol–water partition coefficient (Wildman–Crippen LogP) is 1.19. The number of ether oxygens (including phenoxy) is 2. The predicted molar refractivity (Wildman–Crippen MR) is 25.7 cm³/mol. The Kier molecular flexibility index (Phi) is 0.927. The van der Waals surface area contributed by atoms with Crippen molar-refractivity contribution in [3.63, 3.8) is 0 Å². The highest BCUT2D eigenvalue weighted by Crippen LogP contribution is 2.24. The largest absolute Gasteiger partial charge is 0.458 e. The number of alkyl halides is 1. The van der Waals surface area contributed by atoms with Crippen molar-refractivity contribution in [2.75, 3.05) is 6.61 Å². The third-order valence-electron chi connectivity index (χ3n) is 0.818. The number of halogens is 1. The van der Waals surface area contributed by atoms with E-state index in [9.17, 15) is 4.39 Å². The molecule has 0 aliphatic carbocycles. The molecule has 0 amide bonds. The molecule has 0 aromatic heterocycles. The van der Waals surface area contributed by atoms with Crippen molar-refractivity contribution in [2.45, 2.75) is 12.8 Å². The highest BCUT2D eigenvalue weighted by atomic mass is 19.2. The first kappa shape index (κ1) is 5.41. The molecular weight excluding hydrogens is 111 g/mol. The van der Waals surface area contributed by atoms with E-state index in [2.05, 4.69) is 16.1 Å². The maximum atomic E-state index is 12.5. The summed E-state index contributed by atoms with van der Waals surface area (Å²) in [5.41, 5.74) is 0. The first-order valence-electron chi connectivity index (χ1n) is 2.30. The molecule has 1 saturated heterocycles. The second-order valence-electron chi connectivity index (χ2n) is 1.86. The Morgan fingerprint density at radius 2 is 2.50 bits per heavy atom. The minimum absolute atomic E-state index is 0.0498. The van der Waals surface area contributed by atoms with E-state index in [4.69, 9.17) is 0 Å². The summed E-state index contributed by atoms with van der Waals surface area (Å²) in [6.45, 7) is 4.51. The summed E-state index contributed by atoms with van der Waals surface area (Å²) in [5, 5.41) is 0. The third-order valence-corrected chi connectivity index (χ3v) is 0.818. The van der Waals surface area contributed by atoms with Crippen LogP contribution in [0.3, 0.4) is 0 Å². The molecule has 1 atom stereocenters. The monoisotopic (exact) mass is 118 g/mol. The molecule has 1 fully saturated rings. The molecule has 0 N–H and O–H groups in total. The molecule has 0 aromatic carbocycles. The molecule has 3 heteroatoms. The van der Waals surface area contributed by atoms with Crippen molar-refractivity contribution >= 4 is 0 Å². The Morgan fingerprint density at radius 3 is 2.62 bits per heavy atom. The summed E-state index contributed by atoms with van der Waals surface area (Å²) in [6.07, 6.45) is 0. The van der Waals surface area contributed by atoms with Gasteiger partial charge in [-0.15, -0.1) is 0 Å². The van der Waals surface area contributed by atoms with Crippen molar-refractivity contribution in [1.29, 1.82) is 0 Å². The normalized spacial score (nSPS) is 36.5. The fraction of sp³-hybridized carbons (Fsp3) is 0.600. The quantitative estimate of drug-likeness (QED) is 0.475. The smallest absolute Gasteiger partial charge is 0.282 e. The van der Waals surface area contributed by atoms with E-state index >= 15 is 0 Å². The standard InChI is InChI=1S/C5H7FO2/c1-4-7-3-5(2,6)8-4/h1,3H2,2H3. The van der Waals surface area contributed by atoms with Gasteiger partial charge in [0.15, 0.2) is 6.61 Å². The summed E-state index contributed by atoms with van der Waals surface area (Å²) >= 11 is 0. The van der Waals surface area contributed by atoms with E-state index < -0.39 is 5.85 Å². The second-order valence-corrected chi connectivity index (χ2v) is 1.86. The highest BCUT2D eigenvalue weighted by Gasteiger charge is 2.33. The lowest BCUT2D eigenvalue weighted by Crippen LogP contribution is -2.18. The molecule has 1 rings (SSSR count). The van der Waals surface area contributed by atoms with Crippen LogP contribution in [0.4, 0.5) is 4.39 Å². The Balaban J connectivity index is 2.56. The molecule has 8 heavy (non-hydrogen) atoms. The zero-order chi connectivity index (χ0) is 6.20. The van der Waals surface area contributed by atoms with Crippen LogP contribution in [0.5, 0.6) is 0 Å². The van der Waals surface area contributed by atoms with Gasteiger partial charge in [-0.2, -0.15) is 4.39 Å². The molecule has 1 heterocycles. The molecule has 1 aliphatic heterocycles. The van der Waals surface area contributed by atoms with E-state index in [1.54, 1.807) is 0 Å². The molecule has 0 radical (unpaired) electrons. The zero-order valence-electron chi connectivity index (χ0n) is 4.61. The summed E-state index contributed by atoms with van der Waals surface area (Å²) in [4.78, 5) is 0. The van der Waals surface area contributed by atoms with Crippen molar-refractivity contribution in [3.8, 4) is 0 Å². The van der Waals surface area contributed by atoms with Gasteiger partial charge in [-0.25, -0.2) is 0 Å². The number of hydrogen-bond donors (Lipinski definition) is 0. The van der Waals surface area contributed by atoms with Gasteiger partial charge in [-0.1, -0.05) is 0 Å². The van der Waals surface area contributed by atoms with E-state index in [-0.39, 0.29) is 12.6 Å². The minimum Gasteiger partial charge on any atom is -0.458 e. The fourth-order valence-corrected chi connectivity index (χ4v) is 0.506. The number of rotatable bonds is 0. The molecule has 0 bridgehead atoms. The summed E-state index contributed by atoms with van der Waals surface area (Å²) in [7, 11) is 0. The van der Waals surface area contributed by atoms with Crippen LogP contribution in [0.2, 0.25) is 0 Å². The Morgan fingerprint density at radius 1 is 1.88 bits per heavy atom. The molecular formula is C5H7FO2. The highest BCUT2D eigenvalue weighted by molar-refractivity contribution is 4.81. The van der Waals surface area contributed by atoms with Crippen LogP contribution >= 0.6 is 0 Å². The molecule has 2 nitrogen and oxygen atoms in total. The SMILES string of the molecule is C=C1OCC(C)(F)O1. The van der Waals surface area contributed by atoms with E-state index in [0.717, 1.165) is 0 Å². The maximum Gasteiger partial charge on any atom is 0.282 e. The van der Waals surface area contributed by atoms with Crippen molar-refractivity contribution < 1.29 is 13.9 Å². The first-order valence-corrected chi connectivity index (χ1v) is 2.30. The van der Waals surface area contributed by atoms with Gasteiger partial charge < -0.3 is 9.47 Å². The topological polar surface area (TPSA) is 18.5 Å². The van der Waals surface area contributed by atoms with Crippen LogP contribution in [-0.2, 0) is 9.47 Å². The average Bonchev–Trinajstić information content (AvgIpc) is 1.82. The Labute approximate surface area is 46.9 Å². The summed E-state index contributed by atoms with van der Waals surface area (Å²) in [6, 6.07) is 0. The second kappa shape index (κ2) is 1.37. The summed E-state index contributed by atoms with van der Waals surface area (Å²) < 4.78 is 21.5. The average molecular weight is 118 g/mol. The van der Waals surface area contributed by atoms with Gasteiger partial charge in [0.2, 0.25) is 0 Å². The van der Waals surface area contributed by atoms with E-state index in [0.29, 0.717) is 0 Å². The lowest BCUT2D eigenvalue weighted by molar-refractivity contribution is -0.0536. The van der Waals surface area contributed by atoms with Crippen LogP contribution in [0.15, 0.2) is 12.5 Å². The van der Waals surface area contributed by atoms with Gasteiger partial charge in [0.1, 0.15) is 0 Å². The Bertz CT molecular complexity index is 120. The third kappa shape index (κ3) is 0.911. The zero-order valence-corrected chi connectivity index (χ0v) is 4.61. The van der Waals surface area contributed by atoms with Crippen molar-refractivity contribution in [2.24, 2.45) is 0 Å². The Hall–Kier alpha value is -0.730. The molecule has 1 aliphatic rings. The van der Waals surface area contributed by atoms with Gasteiger partial charge in [0.05, 0.1) is 0 Å². The van der Waals surface area contributed by atoms with Crippen LogP contribution in [0.25, 0.3) is 0 Å². The lowest BCUT2D eigenvalue weighted by atomic mass is 10.4. The van der Waals surface area contributed by atoms with Crippen LogP contribution < -0.4 is 0 Å². The molecule has 46 valence electrons. The van der Waals surface area contributed by atoms with Gasteiger partial charge in [-0.05, 0) is 6.58 Å². The van der Waals surface area contributed by atoms with Gasteiger partial charge in [0, 0.05) is 6.92 Å².